The van der Waals surface area contributed by atoms with Gasteiger partial charge < -0.3 is 9.73 Å². The average Bonchev–Trinajstić information content (AvgIpc) is 3.23. The van der Waals surface area contributed by atoms with Crippen molar-refractivity contribution in [3.63, 3.8) is 0 Å². The Bertz CT molecular complexity index is 1070. The van der Waals surface area contributed by atoms with E-state index in [1.807, 2.05) is 6.07 Å². The Morgan fingerprint density at radius 1 is 0.926 bits per heavy atom. The molecule has 0 spiro atoms. The van der Waals surface area contributed by atoms with Crippen molar-refractivity contribution in [1.82, 2.24) is 5.32 Å². The molecule has 4 rings (SSSR count). The largest absolute Gasteiger partial charge is 0.457 e. The summed E-state index contributed by atoms with van der Waals surface area (Å²) in [6.07, 6.45) is 1.48. The fourth-order valence-corrected chi connectivity index (χ4v) is 3.15. The van der Waals surface area contributed by atoms with Gasteiger partial charge in [-0.25, -0.2) is 9.69 Å². The summed E-state index contributed by atoms with van der Waals surface area (Å²) < 4.78 is 5.75. The first-order valence-corrected chi connectivity index (χ1v) is 8.76. The number of para-hydroxylation sites is 1. The normalized spacial score (nSPS) is 15.5. The third kappa shape index (κ3) is 3.23. The van der Waals surface area contributed by atoms with Gasteiger partial charge in [0, 0.05) is 11.6 Å². The number of hydrogen-bond acceptors (Lipinski definition) is 3. The molecule has 0 radical (unpaired) electrons. The zero-order valence-corrected chi connectivity index (χ0v) is 15.3. The minimum absolute atomic E-state index is 0.127. The minimum atomic E-state index is -0.512. The molecule has 0 aliphatic carbocycles. The molecule has 0 atom stereocenters. The fourth-order valence-electron chi connectivity index (χ4n) is 2.76. The maximum absolute atomic E-state index is 12.6. The smallest absolute Gasteiger partial charge is 0.333 e. The molecule has 3 amide bonds. The Hall–Kier alpha value is -3.02. The van der Waals surface area contributed by atoms with Gasteiger partial charge >= 0.3 is 6.03 Å². The summed E-state index contributed by atoms with van der Waals surface area (Å²) in [5, 5.41) is 3.36. The van der Waals surface area contributed by atoms with Crippen LogP contribution in [0.15, 0.2) is 70.8 Å². The van der Waals surface area contributed by atoms with E-state index in [1.54, 1.807) is 54.6 Å². The Morgan fingerprint density at radius 2 is 1.70 bits per heavy atom. The molecule has 27 heavy (non-hydrogen) atoms. The molecule has 134 valence electrons. The first kappa shape index (κ1) is 17.4. The molecule has 1 N–H and O–H groups in total. The van der Waals surface area contributed by atoms with Crippen molar-refractivity contribution < 1.29 is 14.0 Å². The molecule has 2 aromatic carbocycles. The van der Waals surface area contributed by atoms with E-state index >= 15 is 0 Å². The summed E-state index contributed by atoms with van der Waals surface area (Å²) in [5.74, 6) is 0.454. The van der Waals surface area contributed by atoms with E-state index in [-0.39, 0.29) is 5.70 Å². The van der Waals surface area contributed by atoms with Gasteiger partial charge in [0.1, 0.15) is 17.2 Å². The van der Waals surface area contributed by atoms with Crippen LogP contribution < -0.4 is 10.2 Å². The second-order valence-electron chi connectivity index (χ2n) is 5.77. The number of benzene rings is 2. The molecule has 0 bridgehead atoms. The minimum Gasteiger partial charge on any atom is -0.457 e. The van der Waals surface area contributed by atoms with E-state index in [9.17, 15) is 9.59 Å². The third-order valence-corrected chi connectivity index (χ3v) is 4.84. The molecule has 0 saturated carbocycles. The SMILES string of the molecule is O=C1N/C(=C/c2ccc(-c3cccc(Cl)c3Cl)o2)C(=O)N1c1ccccc1. The fraction of sp³-hybridized carbons (Fsp3) is 0. The van der Waals surface area contributed by atoms with Crippen LogP contribution in [0, 0.1) is 0 Å². The topological polar surface area (TPSA) is 62.6 Å². The van der Waals surface area contributed by atoms with Crippen molar-refractivity contribution >= 4 is 46.9 Å². The first-order chi connectivity index (χ1) is 13.0. The number of imide groups is 1. The van der Waals surface area contributed by atoms with Crippen molar-refractivity contribution in [2.24, 2.45) is 0 Å². The van der Waals surface area contributed by atoms with E-state index in [4.69, 9.17) is 27.6 Å². The van der Waals surface area contributed by atoms with Gasteiger partial charge in [-0.05, 0) is 36.4 Å². The van der Waals surface area contributed by atoms with Crippen LogP contribution in [0.25, 0.3) is 17.4 Å². The lowest BCUT2D eigenvalue weighted by atomic mass is 10.2. The van der Waals surface area contributed by atoms with Crippen molar-refractivity contribution in [1.29, 1.82) is 0 Å². The number of hydrogen-bond donors (Lipinski definition) is 1. The van der Waals surface area contributed by atoms with Gasteiger partial charge in [-0.2, -0.15) is 0 Å². The Labute approximate surface area is 164 Å². The number of amides is 3. The second kappa shape index (κ2) is 6.95. The van der Waals surface area contributed by atoms with Crippen LogP contribution in [-0.2, 0) is 4.79 Å². The van der Waals surface area contributed by atoms with E-state index < -0.39 is 11.9 Å². The highest BCUT2D eigenvalue weighted by atomic mass is 35.5. The van der Waals surface area contributed by atoms with Crippen LogP contribution in [0.1, 0.15) is 5.76 Å². The van der Waals surface area contributed by atoms with Gasteiger partial charge in [0.05, 0.1) is 15.7 Å². The molecule has 1 aliphatic heterocycles. The molecule has 0 unspecified atom stereocenters. The van der Waals surface area contributed by atoms with Crippen molar-refractivity contribution in [2.75, 3.05) is 4.90 Å². The number of carbonyl (C=O) groups is 2. The number of carbonyl (C=O) groups excluding carboxylic acids is 2. The highest BCUT2D eigenvalue weighted by Crippen LogP contribution is 2.34. The van der Waals surface area contributed by atoms with Crippen LogP contribution in [0.2, 0.25) is 10.0 Å². The van der Waals surface area contributed by atoms with Crippen molar-refractivity contribution in [2.45, 2.75) is 0 Å². The van der Waals surface area contributed by atoms with E-state index in [0.29, 0.717) is 32.8 Å². The van der Waals surface area contributed by atoms with Gasteiger partial charge in [0.15, 0.2) is 0 Å². The molecule has 1 fully saturated rings. The Kier molecular flexibility index (Phi) is 4.48. The maximum Gasteiger partial charge on any atom is 0.333 e. The number of furan rings is 1. The highest BCUT2D eigenvalue weighted by Gasteiger charge is 2.34. The molecular weight excluding hydrogens is 387 g/mol. The number of urea groups is 1. The lowest BCUT2D eigenvalue weighted by Gasteiger charge is -2.10. The summed E-state index contributed by atoms with van der Waals surface area (Å²) >= 11 is 12.2. The second-order valence-corrected chi connectivity index (χ2v) is 6.55. The van der Waals surface area contributed by atoms with Gasteiger partial charge in [-0.15, -0.1) is 0 Å². The summed E-state index contributed by atoms with van der Waals surface area (Å²) in [4.78, 5) is 25.8. The standard InChI is InChI=1S/C20H12Cl2N2O3/c21-15-8-4-7-14(18(15)22)17-10-9-13(27-17)11-16-19(25)24(20(26)23-16)12-5-2-1-3-6-12/h1-11H,(H,23,26)/b16-11+. The third-order valence-electron chi connectivity index (χ3n) is 4.02. The van der Waals surface area contributed by atoms with Crippen LogP contribution >= 0.6 is 23.2 Å². The van der Waals surface area contributed by atoms with Gasteiger partial charge in [-0.1, -0.05) is 47.5 Å². The summed E-state index contributed by atoms with van der Waals surface area (Å²) in [5.41, 5.74) is 1.26. The zero-order chi connectivity index (χ0) is 19.0. The van der Waals surface area contributed by atoms with E-state index in [1.165, 1.54) is 6.08 Å². The zero-order valence-electron chi connectivity index (χ0n) is 13.8. The van der Waals surface area contributed by atoms with Crippen molar-refractivity contribution in [3.8, 4) is 11.3 Å². The lowest BCUT2D eigenvalue weighted by molar-refractivity contribution is -0.113. The molecule has 1 aromatic heterocycles. The number of anilines is 1. The maximum atomic E-state index is 12.6. The van der Waals surface area contributed by atoms with Gasteiger partial charge in [0.25, 0.3) is 5.91 Å². The molecular formula is C20H12Cl2N2O3. The van der Waals surface area contributed by atoms with Crippen molar-refractivity contribution in [3.05, 3.63) is 82.2 Å². The Morgan fingerprint density at radius 3 is 2.48 bits per heavy atom. The molecule has 2 heterocycles. The molecule has 1 saturated heterocycles. The lowest BCUT2D eigenvalue weighted by Crippen LogP contribution is -2.30. The summed E-state index contributed by atoms with van der Waals surface area (Å²) in [6, 6.07) is 16.8. The number of nitrogens with one attached hydrogen (secondary N) is 1. The van der Waals surface area contributed by atoms with Gasteiger partial charge in [-0.3, -0.25) is 4.79 Å². The quantitative estimate of drug-likeness (QED) is 0.477. The van der Waals surface area contributed by atoms with Crippen LogP contribution in [-0.4, -0.2) is 11.9 Å². The molecule has 7 heteroatoms. The molecule has 1 aliphatic rings. The average molecular weight is 399 g/mol. The molecule has 3 aromatic rings. The summed E-state index contributed by atoms with van der Waals surface area (Å²) in [7, 11) is 0. The predicted octanol–water partition coefficient (Wildman–Crippen LogP) is 5.35. The van der Waals surface area contributed by atoms with Crippen LogP contribution in [0.3, 0.4) is 0 Å². The van der Waals surface area contributed by atoms with E-state index in [2.05, 4.69) is 5.32 Å². The number of halogens is 2. The Balaban J connectivity index is 1.64. The molecule has 5 nitrogen and oxygen atoms in total. The number of nitrogens with zero attached hydrogens (tertiary/aromatic N) is 1. The summed E-state index contributed by atoms with van der Waals surface area (Å²) in [6.45, 7) is 0. The van der Waals surface area contributed by atoms with Crippen LogP contribution in [0.5, 0.6) is 0 Å². The monoisotopic (exact) mass is 398 g/mol. The highest BCUT2D eigenvalue weighted by molar-refractivity contribution is 6.43. The van der Waals surface area contributed by atoms with Crippen LogP contribution in [0.4, 0.5) is 10.5 Å². The first-order valence-electron chi connectivity index (χ1n) is 8.01. The number of rotatable bonds is 3. The van der Waals surface area contributed by atoms with E-state index in [0.717, 1.165) is 4.90 Å². The van der Waals surface area contributed by atoms with Gasteiger partial charge in [0.2, 0.25) is 0 Å². The predicted molar refractivity (Wildman–Crippen MR) is 105 cm³/mol.